The van der Waals surface area contributed by atoms with Crippen molar-refractivity contribution in [2.24, 2.45) is 0 Å². The number of allylic oxidation sites excluding steroid dienone is 1. The number of nitrogens with zero attached hydrogens (tertiary/aromatic N) is 2. The first-order valence-corrected chi connectivity index (χ1v) is 8.45. The molecule has 3 rings (SSSR count). The highest BCUT2D eigenvalue weighted by atomic mass is 32.1. The smallest absolute Gasteiger partial charge is 0.134 e. The topological polar surface area (TPSA) is 59.0 Å². The molecule has 2 aromatic heterocycles. The molecule has 0 aliphatic heterocycles. The lowest BCUT2D eigenvalue weighted by Gasteiger charge is -2.03. The number of ether oxygens (including phenoxy) is 1. The summed E-state index contributed by atoms with van der Waals surface area (Å²) in [5, 5.41) is 12.0. The Morgan fingerprint density at radius 2 is 2.08 bits per heavy atom. The minimum atomic E-state index is 0.492. The Morgan fingerprint density at radius 1 is 1.29 bits per heavy atom. The highest BCUT2D eigenvalue weighted by Crippen LogP contribution is 2.28. The lowest BCUT2D eigenvalue weighted by Crippen LogP contribution is -1.90. The van der Waals surface area contributed by atoms with Crippen molar-refractivity contribution in [3.63, 3.8) is 0 Å². The van der Waals surface area contributed by atoms with E-state index in [9.17, 15) is 5.26 Å². The molecule has 0 N–H and O–H groups in total. The molecule has 1 aromatic carbocycles. The van der Waals surface area contributed by atoms with Gasteiger partial charge >= 0.3 is 0 Å². The maximum absolute atomic E-state index is 9.41. The van der Waals surface area contributed by atoms with E-state index in [1.807, 2.05) is 55.6 Å². The Balaban J connectivity index is 1.86. The van der Waals surface area contributed by atoms with Crippen LogP contribution in [0.25, 0.3) is 22.9 Å². The summed E-state index contributed by atoms with van der Waals surface area (Å²) in [5.74, 6) is 2.30. The molecular formula is C19H16N2O2S. The molecule has 4 nitrogen and oxygen atoms in total. The first-order valence-electron chi connectivity index (χ1n) is 7.57. The van der Waals surface area contributed by atoms with Gasteiger partial charge in [0, 0.05) is 17.0 Å². The van der Waals surface area contributed by atoms with Gasteiger partial charge in [0.1, 0.15) is 28.3 Å². The maximum Gasteiger partial charge on any atom is 0.134 e. The first-order chi connectivity index (χ1) is 11.7. The van der Waals surface area contributed by atoms with Gasteiger partial charge in [-0.25, -0.2) is 4.98 Å². The summed E-state index contributed by atoms with van der Waals surface area (Å²) in [6.07, 6.45) is 1.72. The predicted molar refractivity (Wildman–Crippen MR) is 95.6 cm³/mol. The SMILES string of the molecule is CCOc1ccc(-c2csc(/C(C#N)=C/c3ccc(C)o3)n2)cc1. The molecule has 0 spiro atoms. The molecule has 5 heteroatoms. The van der Waals surface area contributed by atoms with E-state index in [1.54, 1.807) is 6.08 Å². The predicted octanol–water partition coefficient (Wildman–Crippen LogP) is 5.17. The van der Waals surface area contributed by atoms with E-state index in [1.165, 1.54) is 11.3 Å². The number of rotatable bonds is 5. The van der Waals surface area contributed by atoms with Crippen molar-refractivity contribution in [1.82, 2.24) is 4.98 Å². The number of nitriles is 1. The third-order valence-electron chi connectivity index (χ3n) is 3.36. The van der Waals surface area contributed by atoms with Gasteiger partial charge in [-0.05, 0) is 50.2 Å². The van der Waals surface area contributed by atoms with Crippen LogP contribution in [0.3, 0.4) is 0 Å². The summed E-state index contributed by atoms with van der Waals surface area (Å²) < 4.78 is 10.9. The Bertz CT molecular complexity index is 898. The zero-order valence-electron chi connectivity index (χ0n) is 13.4. The largest absolute Gasteiger partial charge is 0.494 e. The van der Waals surface area contributed by atoms with Gasteiger partial charge in [0.15, 0.2) is 0 Å². The summed E-state index contributed by atoms with van der Waals surface area (Å²) >= 11 is 1.44. The fraction of sp³-hybridized carbons (Fsp3) is 0.158. The van der Waals surface area contributed by atoms with Gasteiger partial charge in [-0.1, -0.05) is 0 Å². The number of benzene rings is 1. The molecule has 0 fully saturated rings. The second kappa shape index (κ2) is 7.16. The quantitative estimate of drug-likeness (QED) is 0.603. The molecule has 0 aliphatic rings. The molecule has 0 radical (unpaired) electrons. The van der Waals surface area contributed by atoms with Crippen LogP contribution in [0.1, 0.15) is 23.5 Å². The molecule has 0 amide bonds. The van der Waals surface area contributed by atoms with E-state index in [0.717, 1.165) is 22.8 Å². The number of furan rings is 1. The lowest BCUT2D eigenvalue weighted by atomic mass is 10.1. The Hall–Kier alpha value is -2.84. The van der Waals surface area contributed by atoms with Crippen LogP contribution in [0, 0.1) is 18.3 Å². The van der Waals surface area contributed by atoms with Crippen LogP contribution in [-0.2, 0) is 0 Å². The summed E-state index contributed by atoms with van der Waals surface area (Å²) in [4.78, 5) is 4.58. The number of thiazole rings is 1. The Morgan fingerprint density at radius 3 is 2.71 bits per heavy atom. The van der Waals surface area contributed by atoms with Gasteiger partial charge < -0.3 is 9.15 Å². The standard InChI is InChI=1S/C19H16N2O2S/c1-3-22-16-8-5-14(6-9-16)18-12-24-19(21-18)15(11-20)10-17-7-4-13(2)23-17/h4-10,12H,3H2,1-2H3/b15-10+. The van der Waals surface area contributed by atoms with Gasteiger partial charge in [0.25, 0.3) is 0 Å². The van der Waals surface area contributed by atoms with Crippen LogP contribution >= 0.6 is 11.3 Å². The third-order valence-corrected chi connectivity index (χ3v) is 4.24. The fourth-order valence-electron chi connectivity index (χ4n) is 2.23. The van der Waals surface area contributed by atoms with Crippen molar-refractivity contribution < 1.29 is 9.15 Å². The van der Waals surface area contributed by atoms with Crippen molar-refractivity contribution >= 4 is 23.0 Å². The first kappa shape index (κ1) is 16.0. The third kappa shape index (κ3) is 3.55. The molecule has 24 heavy (non-hydrogen) atoms. The van der Waals surface area contributed by atoms with Crippen LogP contribution in [0.15, 0.2) is 46.2 Å². The van der Waals surface area contributed by atoms with Crippen molar-refractivity contribution in [3.05, 3.63) is 58.3 Å². The second-order valence-corrected chi connectivity index (χ2v) is 5.97. The molecule has 2 heterocycles. The van der Waals surface area contributed by atoms with Gasteiger partial charge in [0.2, 0.25) is 0 Å². The van der Waals surface area contributed by atoms with Crippen molar-refractivity contribution in [2.75, 3.05) is 6.61 Å². The average Bonchev–Trinajstić information content (AvgIpc) is 3.23. The van der Waals surface area contributed by atoms with E-state index in [4.69, 9.17) is 9.15 Å². The lowest BCUT2D eigenvalue weighted by molar-refractivity contribution is 0.340. The van der Waals surface area contributed by atoms with Gasteiger partial charge in [-0.15, -0.1) is 11.3 Å². The molecule has 0 saturated carbocycles. The number of aromatic nitrogens is 1. The number of hydrogen-bond donors (Lipinski definition) is 0. The molecule has 0 atom stereocenters. The molecule has 0 bridgehead atoms. The van der Waals surface area contributed by atoms with Crippen LogP contribution < -0.4 is 4.74 Å². The summed E-state index contributed by atoms with van der Waals surface area (Å²) in [5.41, 5.74) is 2.33. The number of aryl methyl sites for hydroxylation is 1. The van der Waals surface area contributed by atoms with Crippen LogP contribution in [0.5, 0.6) is 5.75 Å². The van der Waals surface area contributed by atoms with Crippen molar-refractivity contribution in [3.8, 4) is 23.1 Å². The highest BCUT2D eigenvalue weighted by Gasteiger charge is 2.10. The zero-order valence-corrected chi connectivity index (χ0v) is 14.3. The molecule has 0 saturated heterocycles. The molecule has 3 aromatic rings. The monoisotopic (exact) mass is 336 g/mol. The second-order valence-electron chi connectivity index (χ2n) is 5.11. The van der Waals surface area contributed by atoms with E-state index >= 15 is 0 Å². The average molecular weight is 336 g/mol. The maximum atomic E-state index is 9.41. The van der Waals surface area contributed by atoms with E-state index in [-0.39, 0.29) is 0 Å². The van der Waals surface area contributed by atoms with Crippen molar-refractivity contribution in [1.29, 1.82) is 5.26 Å². The van der Waals surface area contributed by atoms with E-state index < -0.39 is 0 Å². The minimum Gasteiger partial charge on any atom is -0.494 e. The van der Waals surface area contributed by atoms with Gasteiger partial charge in [-0.2, -0.15) is 5.26 Å². The fourth-order valence-corrected chi connectivity index (χ4v) is 3.03. The summed E-state index contributed by atoms with van der Waals surface area (Å²) in [6, 6.07) is 13.7. The molecule has 0 aliphatic carbocycles. The Labute approximate surface area is 144 Å². The minimum absolute atomic E-state index is 0.492. The molecular weight excluding hydrogens is 320 g/mol. The normalized spacial score (nSPS) is 11.3. The van der Waals surface area contributed by atoms with Crippen molar-refractivity contribution in [2.45, 2.75) is 13.8 Å². The van der Waals surface area contributed by atoms with Crippen LogP contribution in [-0.4, -0.2) is 11.6 Å². The summed E-state index contributed by atoms with van der Waals surface area (Å²) in [6.45, 7) is 4.47. The number of hydrogen-bond acceptors (Lipinski definition) is 5. The van der Waals surface area contributed by atoms with E-state index in [2.05, 4.69) is 11.1 Å². The van der Waals surface area contributed by atoms with Crippen LogP contribution in [0.4, 0.5) is 0 Å². The summed E-state index contributed by atoms with van der Waals surface area (Å²) in [7, 11) is 0. The van der Waals surface area contributed by atoms with E-state index in [0.29, 0.717) is 22.9 Å². The zero-order chi connectivity index (χ0) is 16.9. The highest BCUT2D eigenvalue weighted by molar-refractivity contribution is 7.11. The molecule has 120 valence electrons. The van der Waals surface area contributed by atoms with Gasteiger partial charge in [-0.3, -0.25) is 0 Å². The van der Waals surface area contributed by atoms with Gasteiger partial charge in [0.05, 0.1) is 17.9 Å². The molecule has 0 unspecified atom stereocenters. The Kier molecular flexibility index (Phi) is 4.78. The van der Waals surface area contributed by atoms with Crippen LogP contribution in [0.2, 0.25) is 0 Å².